The fourth-order valence-corrected chi connectivity index (χ4v) is 10.3. The maximum atomic E-state index is 2.46. The highest BCUT2D eigenvalue weighted by atomic mass is 15.1. The predicted molar refractivity (Wildman–Crippen MR) is 271 cm³/mol. The number of rotatable bonds is 8. The Hall–Kier alpha value is -8.14. The van der Waals surface area contributed by atoms with Crippen LogP contribution < -0.4 is 9.80 Å². The number of aromatic nitrogens is 1. The van der Waals surface area contributed by atoms with Gasteiger partial charge in [0.15, 0.2) is 0 Å². The van der Waals surface area contributed by atoms with E-state index in [1.807, 2.05) is 0 Å². The lowest BCUT2D eigenvalue weighted by Gasteiger charge is -2.28. The summed E-state index contributed by atoms with van der Waals surface area (Å²) in [6.07, 6.45) is 0. The van der Waals surface area contributed by atoms with Crippen molar-refractivity contribution >= 4 is 66.7 Å². The molecule has 0 aliphatic heterocycles. The van der Waals surface area contributed by atoms with Crippen LogP contribution >= 0.6 is 0 Å². The Morgan fingerprint density at radius 2 is 0.844 bits per heavy atom. The zero-order chi connectivity index (χ0) is 42.8. The van der Waals surface area contributed by atoms with Crippen LogP contribution in [0.25, 0.3) is 60.5 Å². The molecule has 11 aromatic rings. The first kappa shape index (κ1) is 37.6. The van der Waals surface area contributed by atoms with Crippen LogP contribution in [0.2, 0.25) is 0 Å². The van der Waals surface area contributed by atoms with Gasteiger partial charge < -0.3 is 14.4 Å². The fourth-order valence-electron chi connectivity index (χ4n) is 10.3. The van der Waals surface area contributed by atoms with Crippen molar-refractivity contribution < 1.29 is 0 Å². The molecule has 1 aliphatic rings. The third kappa shape index (κ3) is 6.12. The van der Waals surface area contributed by atoms with E-state index in [4.69, 9.17) is 0 Å². The van der Waals surface area contributed by atoms with Gasteiger partial charge in [-0.1, -0.05) is 153 Å². The average Bonchev–Trinajstić information content (AvgIpc) is 3.79. The first-order valence-corrected chi connectivity index (χ1v) is 22.2. The molecule has 0 spiro atoms. The van der Waals surface area contributed by atoms with E-state index in [1.54, 1.807) is 0 Å². The van der Waals surface area contributed by atoms with Gasteiger partial charge in [-0.25, -0.2) is 0 Å². The minimum absolute atomic E-state index is 0.109. The molecular weight excluding hydrogens is 775 g/mol. The summed E-state index contributed by atoms with van der Waals surface area (Å²) in [5, 5.41) is 4.89. The highest BCUT2D eigenvalue weighted by Gasteiger charge is 2.35. The van der Waals surface area contributed by atoms with E-state index in [0.29, 0.717) is 0 Å². The van der Waals surface area contributed by atoms with E-state index in [9.17, 15) is 0 Å². The third-order valence-electron chi connectivity index (χ3n) is 13.3. The molecule has 10 aromatic carbocycles. The molecule has 0 amide bonds. The predicted octanol–water partition coefficient (Wildman–Crippen LogP) is 16.8. The van der Waals surface area contributed by atoms with Crippen LogP contribution in [0, 0.1) is 0 Å². The largest absolute Gasteiger partial charge is 0.310 e. The molecule has 3 nitrogen and oxygen atoms in total. The van der Waals surface area contributed by atoms with E-state index < -0.39 is 0 Å². The van der Waals surface area contributed by atoms with E-state index in [-0.39, 0.29) is 5.41 Å². The summed E-state index contributed by atoms with van der Waals surface area (Å²) in [5.74, 6) is 0. The van der Waals surface area contributed by atoms with Gasteiger partial charge in [-0.15, -0.1) is 0 Å². The highest BCUT2D eigenvalue weighted by molar-refractivity contribution is 6.19. The molecule has 0 saturated carbocycles. The van der Waals surface area contributed by atoms with Gasteiger partial charge in [0.1, 0.15) is 0 Å². The number of hydrogen-bond donors (Lipinski definition) is 0. The van der Waals surface area contributed by atoms with Crippen LogP contribution in [0.15, 0.2) is 237 Å². The molecule has 12 rings (SSSR count). The quantitative estimate of drug-likeness (QED) is 0.151. The Bertz CT molecular complexity index is 3460. The summed E-state index contributed by atoms with van der Waals surface area (Å²) in [6, 6.07) is 86.4. The van der Waals surface area contributed by atoms with Crippen molar-refractivity contribution in [2.45, 2.75) is 19.3 Å². The molecule has 1 heterocycles. The van der Waals surface area contributed by atoms with Gasteiger partial charge in [0.05, 0.1) is 11.0 Å². The molecule has 0 N–H and O–H groups in total. The molecule has 1 aliphatic carbocycles. The van der Waals surface area contributed by atoms with Gasteiger partial charge in [-0.2, -0.15) is 0 Å². The lowest BCUT2D eigenvalue weighted by Crippen LogP contribution is -2.16. The van der Waals surface area contributed by atoms with Gasteiger partial charge in [-0.05, 0) is 141 Å². The standard InChI is InChI=1S/C61H45N3/c1-61(2)56-30-18-17-29-52(56)53-36-35-50(40-57(53)61)62(45-21-7-3-8-22-45)49-33-31-42(32-34-49)54-39-51(63(46-23-9-4-10-24-46)47-25-11-5-12-26-47)41-59-60(54)55-37-43-19-15-16-20-44(43)38-58(55)64(59)48-27-13-6-14-28-48/h3-41H,1-2H3. The lowest BCUT2D eigenvalue weighted by molar-refractivity contribution is 0.660. The van der Waals surface area contributed by atoms with Crippen LogP contribution in [0.4, 0.5) is 34.1 Å². The number of fused-ring (bicyclic) bond motifs is 7. The van der Waals surface area contributed by atoms with Crippen LogP contribution in [0.3, 0.4) is 0 Å². The SMILES string of the molecule is CC1(C)c2ccccc2-c2ccc(N(c3ccccc3)c3ccc(-c4cc(N(c5ccccc5)c5ccccc5)cc5c4c4cc6ccccc6cc4n5-c4ccccc4)cc3)cc21. The van der Waals surface area contributed by atoms with E-state index in [1.165, 1.54) is 54.9 Å². The van der Waals surface area contributed by atoms with Gasteiger partial charge in [0.25, 0.3) is 0 Å². The third-order valence-corrected chi connectivity index (χ3v) is 13.3. The lowest BCUT2D eigenvalue weighted by atomic mass is 9.82. The van der Waals surface area contributed by atoms with Crippen LogP contribution in [-0.2, 0) is 5.41 Å². The van der Waals surface area contributed by atoms with E-state index in [0.717, 1.165) is 50.9 Å². The van der Waals surface area contributed by atoms with Crippen molar-refractivity contribution in [3.63, 3.8) is 0 Å². The minimum Gasteiger partial charge on any atom is -0.310 e. The Balaban J connectivity index is 1.09. The molecule has 3 heteroatoms. The fraction of sp³-hybridized carbons (Fsp3) is 0.0492. The zero-order valence-electron chi connectivity index (χ0n) is 35.9. The molecule has 0 bridgehead atoms. The second-order valence-corrected chi connectivity index (χ2v) is 17.4. The smallest absolute Gasteiger partial charge is 0.0568 e. The Kier molecular flexibility index (Phi) is 8.84. The van der Waals surface area contributed by atoms with Crippen LogP contribution in [0.1, 0.15) is 25.0 Å². The van der Waals surface area contributed by atoms with Gasteiger partial charge in [0.2, 0.25) is 0 Å². The Labute approximate surface area is 374 Å². The number of nitrogens with zero attached hydrogens (tertiary/aromatic N) is 3. The summed E-state index contributed by atoms with van der Waals surface area (Å²) in [4.78, 5) is 4.78. The molecule has 0 atom stereocenters. The normalized spacial score (nSPS) is 12.7. The van der Waals surface area contributed by atoms with Crippen molar-refractivity contribution in [3.8, 4) is 27.9 Å². The van der Waals surface area contributed by atoms with Crippen molar-refractivity contribution in [2.24, 2.45) is 0 Å². The monoisotopic (exact) mass is 819 g/mol. The summed E-state index contributed by atoms with van der Waals surface area (Å²) in [6.45, 7) is 4.71. The van der Waals surface area contributed by atoms with Crippen molar-refractivity contribution in [1.29, 1.82) is 0 Å². The summed E-state index contributed by atoms with van der Waals surface area (Å²) in [5.41, 5.74) is 17.7. The van der Waals surface area contributed by atoms with Crippen molar-refractivity contribution in [1.82, 2.24) is 4.57 Å². The Morgan fingerprint density at radius 3 is 1.48 bits per heavy atom. The molecule has 0 saturated heterocycles. The number of para-hydroxylation sites is 4. The second-order valence-electron chi connectivity index (χ2n) is 17.4. The molecule has 304 valence electrons. The Morgan fingerprint density at radius 1 is 0.344 bits per heavy atom. The van der Waals surface area contributed by atoms with Crippen LogP contribution in [0.5, 0.6) is 0 Å². The van der Waals surface area contributed by atoms with Crippen LogP contribution in [-0.4, -0.2) is 4.57 Å². The maximum Gasteiger partial charge on any atom is 0.0568 e. The number of benzene rings is 10. The highest BCUT2D eigenvalue weighted by Crippen LogP contribution is 2.51. The first-order chi connectivity index (χ1) is 31.5. The minimum atomic E-state index is -0.109. The van der Waals surface area contributed by atoms with E-state index >= 15 is 0 Å². The van der Waals surface area contributed by atoms with Gasteiger partial charge in [0, 0.05) is 56.0 Å². The van der Waals surface area contributed by atoms with E-state index in [2.05, 4.69) is 265 Å². The topological polar surface area (TPSA) is 11.4 Å². The zero-order valence-corrected chi connectivity index (χ0v) is 35.9. The number of anilines is 6. The molecule has 0 radical (unpaired) electrons. The maximum absolute atomic E-state index is 2.46. The molecule has 0 unspecified atom stereocenters. The molecule has 1 aromatic heterocycles. The number of hydrogen-bond acceptors (Lipinski definition) is 2. The molecular formula is C61H45N3. The second kappa shape index (κ2) is 15.0. The van der Waals surface area contributed by atoms with Gasteiger partial charge >= 0.3 is 0 Å². The first-order valence-electron chi connectivity index (χ1n) is 22.2. The summed E-state index contributed by atoms with van der Waals surface area (Å²) >= 11 is 0. The van der Waals surface area contributed by atoms with Gasteiger partial charge in [-0.3, -0.25) is 0 Å². The summed E-state index contributed by atoms with van der Waals surface area (Å²) in [7, 11) is 0. The van der Waals surface area contributed by atoms with Crippen molar-refractivity contribution in [3.05, 3.63) is 248 Å². The summed E-state index contributed by atoms with van der Waals surface area (Å²) < 4.78 is 2.46. The molecule has 64 heavy (non-hydrogen) atoms. The average molecular weight is 820 g/mol. The van der Waals surface area contributed by atoms with Crippen molar-refractivity contribution in [2.75, 3.05) is 9.80 Å². The molecule has 0 fully saturated rings.